The van der Waals surface area contributed by atoms with Crippen LogP contribution in [0.15, 0.2) is 48.7 Å². The molecule has 14 heteroatoms. The third-order valence-electron chi connectivity index (χ3n) is 12.1. The second-order valence-electron chi connectivity index (χ2n) is 17.6. The number of piperidine rings is 1. The largest absolute Gasteiger partial charge is 0.488 e. The van der Waals surface area contributed by atoms with Gasteiger partial charge in [-0.1, -0.05) is 32.0 Å². The summed E-state index contributed by atoms with van der Waals surface area (Å²) in [6.07, 6.45) is 3.46. The van der Waals surface area contributed by atoms with Crippen LogP contribution in [0.1, 0.15) is 83.2 Å². The lowest BCUT2D eigenvalue weighted by Gasteiger charge is -2.30. The highest BCUT2D eigenvalue weighted by atomic mass is 16.6. The summed E-state index contributed by atoms with van der Waals surface area (Å²) in [4.78, 5) is 60.0. The lowest BCUT2D eigenvalue weighted by molar-refractivity contribution is -0.135. The van der Waals surface area contributed by atoms with Crippen LogP contribution in [-0.4, -0.2) is 92.9 Å². The third-order valence-corrected chi connectivity index (χ3v) is 12.1. The average molecular weight is 790 g/mol. The first-order chi connectivity index (χ1) is 27.8. The minimum Gasteiger partial charge on any atom is -0.488 e. The van der Waals surface area contributed by atoms with Crippen LogP contribution in [-0.2, 0) is 25.6 Å². The Morgan fingerprint density at radius 3 is 2.57 bits per heavy atom. The summed E-state index contributed by atoms with van der Waals surface area (Å²) in [5, 5.41) is 4.76. The molecule has 1 aliphatic carbocycles. The lowest BCUT2D eigenvalue weighted by atomic mass is 9.92. The molecule has 304 valence electrons. The van der Waals surface area contributed by atoms with E-state index >= 15 is 0 Å². The summed E-state index contributed by atoms with van der Waals surface area (Å²) >= 11 is 0. The first-order valence-corrected chi connectivity index (χ1v) is 20.2. The minimum atomic E-state index is -0.742. The molecule has 3 aromatic carbocycles. The zero-order chi connectivity index (χ0) is 40.6. The van der Waals surface area contributed by atoms with Crippen LogP contribution in [0, 0.1) is 17.8 Å². The van der Waals surface area contributed by atoms with E-state index in [0.717, 1.165) is 74.2 Å². The first kappa shape index (κ1) is 37.9. The number of alkyl carbamates (subject to hydrolysis) is 1. The summed E-state index contributed by atoms with van der Waals surface area (Å²) in [5.41, 5.74) is 6.16. The summed E-state index contributed by atoms with van der Waals surface area (Å²) in [5.74, 6) is 2.55. The maximum atomic E-state index is 13.9. The summed E-state index contributed by atoms with van der Waals surface area (Å²) < 4.78 is 22.5. The number of fused-ring (bicyclic) bond motifs is 7. The summed E-state index contributed by atoms with van der Waals surface area (Å²) in [6.45, 7) is 10.9. The van der Waals surface area contributed by atoms with Gasteiger partial charge in [-0.2, -0.15) is 0 Å². The number of likely N-dealkylation sites (tertiary alicyclic amines) is 2. The molecular formula is C44H51N7O7. The topological polar surface area (TPSA) is 164 Å². The van der Waals surface area contributed by atoms with E-state index in [1.165, 1.54) is 7.11 Å². The second-order valence-corrected chi connectivity index (χ2v) is 17.6. The van der Waals surface area contributed by atoms with E-state index in [1.807, 2.05) is 50.6 Å². The molecule has 2 aromatic heterocycles. The molecular weight excluding hydrogens is 739 g/mol. The molecule has 3 aliphatic heterocycles. The van der Waals surface area contributed by atoms with Gasteiger partial charge in [-0.25, -0.2) is 19.6 Å². The summed E-state index contributed by atoms with van der Waals surface area (Å²) in [7, 11) is 2.95. The third kappa shape index (κ3) is 6.80. The lowest BCUT2D eigenvalue weighted by Crippen LogP contribution is -2.51. The Hall–Kier alpha value is -5.63. The monoisotopic (exact) mass is 789 g/mol. The van der Waals surface area contributed by atoms with Crippen LogP contribution in [0.5, 0.6) is 5.75 Å². The number of nitrogens with one attached hydrogen (secondary N) is 3. The number of benzene rings is 3. The van der Waals surface area contributed by atoms with Crippen LogP contribution in [0.2, 0.25) is 0 Å². The number of rotatable bonds is 8. The van der Waals surface area contributed by atoms with Crippen LogP contribution in [0.3, 0.4) is 0 Å². The molecule has 14 nitrogen and oxygen atoms in total. The number of methoxy groups -OCH3 is 2. The van der Waals surface area contributed by atoms with Crippen molar-refractivity contribution in [2.24, 2.45) is 17.8 Å². The highest BCUT2D eigenvalue weighted by Gasteiger charge is 2.56. The van der Waals surface area contributed by atoms with Gasteiger partial charge in [-0.3, -0.25) is 9.69 Å². The van der Waals surface area contributed by atoms with Gasteiger partial charge in [0.05, 0.1) is 48.7 Å². The highest BCUT2D eigenvalue weighted by Crippen LogP contribution is 2.54. The Morgan fingerprint density at radius 2 is 1.81 bits per heavy atom. The van der Waals surface area contributed by atoms with E-state index < -0.39 is 17.7 Å². The predicted octanol–water partition coefficient (Wildman–Crippen LogP) is 7.65. The van der Waals surface area contributed by atoms with Crippen LogP contribution in [0.25, 0.3) is 44.2 Å². The molecule has 1 saturated carbocycles. The van der Waals surface area contributed by atoms with Crippen LogP contribution in [0.4, 0.5) is 9.59 Å². The van der Waals surface area contributed by atoms with E-state index in [0.29, 0.717) is 37.9 Å². The number of imidazole rings is 2. The van der Waals surface area contributed by atoms with Gasteiger partial charge in [-0.05, 0) is 98.2 Å². The molecule has 2 saturated heterocycles. The number of ether oxygens (including phenoxy) is 4. The standard InChI is InChI=1S/C44H51N7O7/c1-22(2)37(49-42(53)56-7)41(52)50-19-23(20-55-6)12-34(50)39-45-18-32(47-39)25-8-10-28-27(13-25)21-57-36-17-29-24(14-30(28)36)9-11-31-38(29)48-40(46-31)35-16-26-15-33(26)51(35)43(54)58-44(3,4)5/h8-11,13-14,17-18,22-23,26,33-35,37H,12,15-16,19-21H2,1-7H3,(H,45,47)(H,46,48)(H,49,53). The molecule has 3 amide bonds. The number of amides is 3. The smallest absolute Gasteiger partial charge is 0.411 e. The molecule has 0 spiro atoms. The van der Waals surface area contributed by atoms with Gasteiger partial charge in [-0.15, -0.1) is 0 Å². The van der Waals surface area contributed by atoms with Crippen LogP contribution < -0.4 is 10.1 Å². The molecule has 3 N–H and O–H groups in total. The number of aromatic amines is 2. The van der Waals surface area contributed by atoms with Crippen molar-refractivity contribution in [2.45, 2.75) is 90.3 Å². The SMILES string of the molecule is COCC1CC(c2ncc(-c3ccc4c(c3)COc3cc5c(ccc6[nH]c(C7CC8CC8N7C(=O)OC(C)(C)C)nc65)cc3-4)[nH]2)N(C(=O)C(NC(=O)OC)C(C)C)C1. The van der Waals surface area contributed by atoms with Crippen molar-refractivity contribution in [3.05, 3.63) is 65.9 Å². The van der Waals surface area contributed by atoms with Crippen molar-refractivity contribution in [3.8, 4) is 28.1 Å². The molecule has 9 rings (SSSR count). The zero-order valence-corrected chi connectivity index (χ0v) is 34.0. The fraction of sp³-hybridized carbons (Fsp3) is 0.477. The predicted molar refractivity (Wildman–Crippen MR) is 217 cm³/mol. The number of hydrogen-bond acceptors (Lipinski definition) is 9. The number of aromatic nitrogens is 4. The molecule has 4 aliphatic rings. The van der Waals surface area contributed by atoms with Crippen molar-refractivity contribution >= 4 is 39.9 Å². The highest BCUT2D eigenvalue weighted by molar-refractivity contribution is 6.07. The van der Waals surface area contributed by atoms with E-state index in [9.17, 15) is 14.4 Å². The Bertz CT molecular complexity index is 2430. The van der Waals surface area contributed by atoms with Crippen molar-refractivity contribution in [2.75, 3.05) is 27.4 Å². The number of carbonyl (C=O) groups is 3. The molecule has 0 radical (unpaired) electrons. The fourth-order valence-corrected chi connectivity index (χ4v) is 9.22. The van der Waals surface area contributed by atoms with Gasteiger partial charge < -0.3 is 39.1 Å². The molecule has 0 bridgehead atoms. The van der Waals surface area contributed by atoms with E-state index in [4.69, 9.17) is 28.9 Å². The Labute approximate surface area is 337 Å². The molecule has 58 heavy (non-hydrogen) atoms. The molecule has 3 fully saturated rings. The molecule has 5 aromatic rings. The van der Waals surface area contributed by atoms with Gasteiger partial charge in [0, 0.05) is 36.6 Å². The minimum absolute atomic E-state index is 0.119. The van der Waals surface area contributed by atoms with E-state index in [-0.39, 0.29) is 42.0 Å². The quantitative estimate of drug-likeness (QED) is 0.143. The fourth-order valence-electron chi connectivity index (χ4n) is 9.22. The van der Waals surface area contributed by atoms with Crippen molar-refractivity contribution in [1.29, 1.82) is 0 Å². The second kappa shape index (κ2) is 14.3. The van der Waals surface area contributed by atoms with E-state index in [1.54, 1.807) is 7.11 Å². The number of hydrogen-bond donors (Lipinski definition) is 3. The van der Waals surface area contributed by atoms with Gasteiger partial charge in [0.1, 0.15) is 35.6 Å². The Balaban J connectivity index is 0.975. The average Bonchev–Trinajstić information content (AvgIpc) is 3.66. The van der Waals surface area contributed by atoms with Crippen molar-refractivity contribution < 1.29 is 33.3 Å². The Morgan fingerprint density at radius 1 is 0.983 bits per heavy atom. The van der Waals surface area contributed by atoms with E-state index in [2.05, 4.69) is 57.7 Å². The number of H-pyrrole nitrogens is 2. The van der Waals surface area contributed by atoms with Crippen LogP contribution >= 0.6 is 0 Å². The van der Waals surface area contributed by atoms with Crippen molar-refractivity contribution in [1.82, 2.24) is 35.1 Å². The summed E-state index contributed by atoms with van der Waals surface area (Å²) in [6, 6.07) is 13.8. The molecule has 5 heterocycles. The number of carbonyl (C=O) groups excluding carboxylic acids is 3. The maximum Gasteiger partial charge on any atom is 0.411 e. The normalized spacial score (nSPS) is 22.7. The first-order valence-electron chi connectivity index (χ1n) is 20.2. The zero-order valence-electron chi connectivity index (χ0n) is 34.0. The van der Waals surface area contributed by atoms with Gasteiger partial charge >= 0.3 is 12.2 Å². The molecule has 6 unspecified atom stereocenters. The molecule has 6 atom stereocenters. The Kier molecular flexibility index (Phi) is 9.37. The van der Waals surface area contributed by atoms with Gasteiger partial charge in [0.15, 0.2) is 0 Å². The maximum absolute atomic E-state index is 13.9. The van der Waals surface area contributed by atoms with Crippen molar-refractivity contribution in [3.63, 3.8) is 0 Å². The van der Waals surface area contributed by atoms with Gasteiger partial charge in [0.25, 0.3) is 0 Å². The van der Waals surface area contributed by atoms with Gasteiger partial charge in [0.2, 0.25) is 5.91 Å². The number of nitrogens with zero attached hydrogens (tertiary/aromatic N) is 4.